The van der Waals surface area contributed by atoms with E-state index in [0.717, 1.165) is 0 Å². The van der Waals surface area contributed by atoms with E-state index < -0.39 is 8.87 Å². The van der Waals surface area contributed by atoms with Crippen molar-refractivity contribution < 1.29 is 38.0 Å². The number of nitrogens with zero attached hydrogens (tertiary/aromatic N) is 2. The monoisotopic (exact) mass is 345 g/mol. The third-order valence-electron chi connectivity index (χ3n) is 1.73. The summed E-state index contributed by atoms with van der Waals surface area (Å²) in [6.07, 6.45) is 0. The Morgan fingerprint density at radius 1 is 1.29 bits per heavy atom. The van der Waals surface area contributed by atoms with Crippen molar-refractivity contribution in [3.8, 4) is 0 Å². The van der Waals surface area contributed by atoms with Gasteiger partial charge in [-0.1, -0.05) is 0 Å². The Morgan fingerprint density at radius 3 is 2.12 bits per heavy atom. The largest absolute Gasteiger partial charge is 1.00 e. The molecule has 1 aromatic rings. The van der Waals surface area contributed by atoms with Crippen molar-refractivity contribution in [1.29, 1.82) is 0 Å². The Bertz CT molecular complexity index is 500. The van der Waals surface area contributed by atoms with Crippen LogP contribution < -0.4 is 29.6 Å². The molecule has 1 radical (unpaired) electrons. The average molecular weight is 344 g/mol. The van der Waals surface area contributed by atoms with Gasteiger partial charge in [0.25, 0.3) is 0 Å². The molecule has 0 aliphatic carbocycles. The topological polar surface area (TPSA) is 49.7 Å². The van der Waals surface area contributed by atoms with Gasteiger partial charge in [-0.25, -0.2) is 0 Å². The molecule has 0 aliphatic heterocycles. The molecule has 0 spiro atoms. The Hall–Kier alpha value is 0.509. The van der Waals surface area contributed by atoms with Crippen molar-refractivity contribution in [2.45, 2.75) is 4.90 Å². The Labute approximate surface area is 137 Å². The summed E-state index contributed by atoms with van der Waals surface area (Å²) in [6.45, 7) is 0. The van der Waals surface area contributed by atoms with Gasteiger partial charge in [-0.3, -0.25) is 0 Å². The van der Waals surface area contributed by atoms with E-state index in [-0.39, 0.29) is 34.5 Å². The quantitative estimate of drug-likeness (QED) is 0.198. The van der Waals surface area contributed by atoms with Gasteiger partial charge in [0.2, 0.25) is 0 Å². The molecule has 0 aliphatic rings. The van der Waals surface area contributed by atoms with Crippen LogP contribution in [-0.4, -0.2) is 48.2 Å². The van der Waals surface area contributed by atoms with E-state index in [1.807, 2.05) is 19.0 Å². The first-order valence-corrected chi connectivity index (χ1v) is 7.56. The van der Waals surface area contributed by atoms with Crippen LogP contribution in [-0.2, 0) is 20.5 Å². The molecule has 0 N–H and O–H groups in total. The molecule has 0 heterocycles. The van der Waals surface area contributed by atoms with E-state index in [4.69, 9.17) is 0 Å². The summed E-state index contributed by atoms with van der Waals surface area (Å²) in [4.78, 5) is 6.18. The first-order chi connectivity index (χ1) is 7.30. The van der Waals surface area contributed by atoms with Gasteiger partial charge in [-0.2, -0.15) is 0 Å². The van der Waals surface area contributed by atoms with Gasteiger partial charge in [0.1, 0.15) is 0 Å². The van der Waals surface area contributed by atoms with Crippen LogP contribution in [0, 0.1) is 0 Å². The summed E-state index contributed by atoms with van der Waals surface area (Å²) in [6, 6.07) is 6.12. The van der Waals surface area contributed by atoms with Crippen LogP contribution in [0.1, 0.15) is 0 Å². The molecule has 0 saturated carbocycles. The van der Waals surface area contributed by atoms with Gasteiger partial charge < -0.3 is 0 Å². The summed E-state index contributed by atoms with van der Waals surface area (Å²) < 4.78 is 22.8. The van der Waals surface area contributed by atoms with Crippen LogP contribution >= 0.6 is 0 Å². The van der Waals surface area contributed by atoms with Gasteiger partial charge in [0.15, 0.2) is 0 Å². The number of benzene rings is 1. The van der Waals surface area contributed by atoms with E-state index in [1.165, 1.54) is 12.1 Å². The van der Waals surface area contributed by atoms with E-state index >= 15 is 0 Å². The SMILES string of the molecule is CN(C)C([Se])=Nc1ccc(S(=O)(=O)[S-])cc1.[Na+]. The predicted octanol–water partition coefficient (Wildman–Crippen LogP) is -2.36. The van der Waals surface area contributed by atoms with Crippen molar-refractivity contribution >= 4 is 47.0 Å². The standard InChI is InChI=1S/C9H11N2O2S2Se.Na/c1-11(2)9(16)10-7-3-5-8(6-4-7)15(12,13)14;/h3-6H,1-2H3,(H,12,13,14);/q;+1/p-1. The average Bonchev–Trinajstić information content (AvgIpc) is 2.17. The maximum atomic E-state index is 11.0. The molecule has 0 aromatic heterocycles. The first kappa shape index (κ1) is 17.5. The summed E-state index contributed by atoms with van der Waals surface area (Å²) in [5.74, 6) is 0. The maximum absolute atomic E-state index is 11.0. The smallest absolute Gasteiger partial charge is 1.00 e. The molecular weight excluding hydrogens is 334 g/mol. The summed E-state index contributed by atoms with van der Waals surface area (Å²) in [7, 11) is 0.169. The second-order valence-electron chi connectivity index (χ2n) is 3.24. The molecule has 1 rings (SSSR count). The molecule has 8 heteroatoms. The number of hydrogen-bond acceptors (Lipinski definition) is 4. The zero-order valence-electron chi connectivity index (χ0n) is 9.75. The molecule has 0 saturated heterocycles. The fourth-order valence-electron chi connectivity index (χ4n) is 0.898. The molecule has 1 aromatic carbocycles. The zero-order chi connectivity index (χ0) is 12.3. The number of aliphatic imine (C=N–C) groups is 1. The van der Waals surface area contributed by atoms with Crippen molar-refractivity contribution in [3.63, 3.8) is 0 Å². The zero-order valence-corrected chi connectivity index (χ0v) is 15.1. The van der Waals surface area contributed by atoms with Crippen molar-refractivity contribution in [1.82, 2.24) is 4.90 Å². The number of rotatable bonds is 2. The van der Waals surface area contributed by atoms with Crippen LogP contribution in [0.4, 0.5) is 5.69 Å². The van der Waals surface area contributed by atoms with Crippen molar-refractivity contribution in [3.05, 3.63) is 24.3 Å². The molecule has 17 heavy (non-hydrogen) atoms. The van der Waals surface area contributed by atoms with E-state index in [0.29, 0.717) is 10.4 Å². The first-order valence-electron chi connectivity index (χ1n) is 4.29. The molecule has 0 bridgehead atoms. The fraction of sp³-hybridized carbons (Fsp3) is 0.222. The summed E-state index contributed by atoms with van der Waals surface area (Å²) in [5.41, 5.74) is 0.671. The van der Waals surface area contributed by atoms with Crippen LogP contribution in [0.2, 0.25) is 0 Å². The third kappa shape index (κ3) is 5.79. The third-order valence-corrected chi connectivity index (χ3v) is 4.12. The Kier molecular flexibility index (Phi) is 7.40. The summed E-state index contributed by atoms with van der Waals surface area (Å²) in [5, 5.41) is 0. The van der Waals surface area contributed by atoms with Crippen LogP contribution in [0.3, 0.4) is 0 Å². The van der Waals surface area contributed by atoms with Gasteiger partial charge in [0, 0.05) is 0 Å². The molecule has 4 nitrogen and oxygen atoms in total. The maximum Gasteiger partial charge on any atom is 1.00 e. The predicted molar refractivity (Wildman–Crippen MR) is 67.5 cm³/mol. The van der Waals surface area contributed by atoms with Gasteiger partial charge >= 0.3 is 138 Å². The molecule has 87 valence electrons. The molecule has 0 atom stereocenters. The van der Waals surface area contributed by atoms with Gasteiger partial charge in [-0.05, 0) is 0 Å². The summed E-state index contributed by atoms with van der Waals surface area (Å²) >= 11 is 7.15. The van der Waals surface area contributed by atoms with Gasteiger partial charge in [0.05, 0.1) is 0 Å². The van der Waals surface area contributed by atoms with E-state index in [9.17, 15) is 8.42 Å². The molecular formula is C9H10N2NaO2S2Se. The van der Waals surface area contributed by atoms with Gasteiger partial charge in [-0.15, -0.1) is 0 Å². The second kappa shape index (κ2) is 7.19. The minimum atomic E-state index is -3.55. The molecule has 0 amide bonds. The molecule has 0 fully saturated rings. The fourth-order valence-corrected chi connectivity index (χ4v) is 1.92. The minimum Gasteiger partial charge on any atom is 1.00 e. The van der Waals surface area contributed by atoms with Crippen LogP contribution in [0.25, 0.3) is 0 Å². The minimum absolute atomic E-state index is 0. The van der Waals surface area contributed by atoms with Crippen LogP contribution in [0.15, 0.2) is 34.2 Å². The number of hydrogen-bond donors (Lipinski definition) is 0. The second-order valence-corrected chi connectivity index (χ2v) is 6.70. The van der Waals surface area contributed by atoms with E-state index in [2.05, 4.69) is 32.7 Å². The Morgan fingerprint density at radius 2 is 1.76 bits per heavy atom. The number of amidine groups is 1. The van der Waals surface area contributed by atoms with E-state index in [1.54, 1.807) is 12.1 Å². The normalized spacial score (nSPS) is 11.8. The van der Waals surface area contributed by atoms with Crippen LogP contribution in [0.5, 0.6) is 0 Å². The van der Waals surface area contributed by atoms with Crippen molar-refractivity contribution in [2.24, 2.45) is 4.99 Å². The Balaban J connectivity index is 0.00000256. The van der Waals surface area contributed by atoms with Crippen molar-refractivity contribution in [2.75, 3.05) is 14.1 Å². The molecule has 0 unspecified atom stereocenters.